The van der Waals surface area contributed by atoms with E-state index in [1.807, 2.05) is 38.1 Å². The van der Waals surface area contributed by atoms with Gasteiger partial charge in [0.15, 0.2) is 0 Å². The van der Waals surface area contributed by atoms with Crippen LogP contribution in [-0.2, 0) is 16.1 Å². The van der Waals surface area contributed by atoms with Gasteiger partial charge in [-0.15, -0.1) is 11.3 Å². The van der Waals surface area contributed by atoms with Gasteiger partial charge in [0.2, 0.25) is 11.8 Å². The van der Waals surface area contributed by atoms with Gasteiger partial charge in [0.25, 0.3) is 0 Å². The predicted molar refractivity (Wildman–Crippen MR) is 109 cm³/mol. The van der Waals surface area contributed by atoms with Gasteiger partial charge in [0, 0.05) is 35.8 Å². The summed E-state index contributed by atoms with van der Waals surface area (Å²) < 4.78 is 0.896. The molecule has 6 nitrogen and oxygen atoms in total. The van der Waals surface area contributed by atoms with Gasteiger partial charge in [-0.1, -0.05) is 32.0 Å². The minimum atomic E-state index is -0.978. The van der Waals surface area contributed by atoms with Gasteiger partial charge in [-0.05, 0) is 30.7 Å². The Hall–Kier alpha value is -2.41. The largest absolute Gasteiger partial charge is 0.477 e. The Balaban J connectivity index is 1.69. The second-order valence-electron chi connectivity index (χ2n) is 7.36. The lowest BCUT2D eigenvalue weighted by Crippen LogP contribution is -2.46. The Morgan fingerprint density at radius 2 is 2.07 bits per heavy atom. The lowest BCUT2D eigenvalue weighted by molar-refractivity contribution is -0.139. The molecule has 2 amide bonds. The number of carbonyl (C=O) groups is 3. The summed E-state index contributed by atoms with van der Waals surface area (Å²) in [6.07, 6.45) is 2.34. The molecular weight excluding hydrogens is 376 g/mol. The van der Waals surface area contributed by atoms with Crippen molar-refractivity contribution in [3.63, 3.8) is 0 Å². The molecule has 1 aromatic heterocycles. The van der Waals surface area contributed by atoms with E-state index in [-0.39, 0.29) is 35.1 Å². The molecule has 28 heavy (non-hydrogen) atoms. The van der Waals surface area contributed by atoms with E-state index in [0.717, 1.165) is 29.3 Å². The molecule has 0 unspecified atom stereocenters. The van der Waals surface area contributed by atoms with E-state index in [1.165, 1.54) is 11.3 Å². The lowest BCUT2D eigenvalue weighted by atomic mass is 9.95. The molecule has 0 spiro atoms. The fraction of sp³-hybridized carbons (Fsp3) is 0.476. The number of fused-ring (bicyclic) bond motifs is 1. The molecule has 1 fully saturated rings. The van der Waals surface area contributed by atoms with Gasteiger partial charge in [-0.25, -0.2) is 4.79 Å². The average Bonchev–Trinajstić information content (AvgIpc) is 3.10. The first-order valence-electron chi connectivity index (χ1n) is 9.72. The fourth-order valence-electron chi connectivity index (χ4n) is 3.64. The van der Waals surface area contributed by atoms with E-state index in [0.29, 0.717) is 18.7 Å². The number of thiophene rings is 1. The number of nitrogens with one attached hydrogen (secondary N) is 1. The number of hydrogen-bond donors (Lipinski definition) is 2. The first-order chi connectivity index (χ1) is 13.4. The van der Waals surface area contributed by atoms with Crippen LogP contribution in [0.25, 0.3) is 10.1 Å². The third kappa shape index (κ3) is 4.19. The summed E-state index contributed by atoms with van der Waals surface area (Å²) in [6, 6.07) is 7.51. The molecule has 7 heteroatoms. The molecule has 2 aromatic rings. The number of likely N-dealkylation sites (tertiary alicyclic amines) is 1. The van der Waals surface area contributed by atoms with Gasteiger partial charge in [0.1, 0.15) is 4.88 Å². The van der Waals surface area contributed by atoms with Crippen molar-refractivity contribution in [2.24, 2.45) is 11.8 Å². The summed E-state index contributed by atoms with van der Waals surface area (Å²) in [5.74, 6) is -1.27. The minimum absolute atomic E-state index is 0.0305. The highest BCUT2D eigenvalue weighted by Crippen LogP contribution is 2.31. The van der Waals surface area contributed by atoms with Crippen LogP contribution in [0.4, 0.5) is 0 Å². The van der Waals surface area contributed by atoms with Crippen LogP contribution in [0.3, 0.4) is 0 Å². The highest BCUT2D eigenvalue weighted by molar-refractivity contribution is 7.21. The van der Waals surface area contributed by atoms with E-state index in [4.69, 9.17) is 0 Å². The van der Waals surface area contributed by atoms with Crippen LogP contribution >= 0.6 is 11.3 Å². The Kier molecular flexibility index (Phi) is 6.34. The first kappa shape index (κ1) is 20.3. The van der Waals surface area contributed by atoms with Crippen LogP contribution in [0.15, 0.2) is 24.3 Å². The van der Waals surface area contributed by atoms with E-state index >= 15 is 0 Å². The third-order valence-corrected chi connectivity index (χ3v) is 6.67. The van der Waals surface area contributed by atoms with Gasteiger partial charge in [-0.3, -0.25) is 9.59 Å². The fourth-order valence-corrected chi connectivity index (χ4v) is 4.70. The van der Waals surface area contributed by atoms with E-state index < -0.39 is 5.97 Å². The maximum Gasteiger partial charge on any atom is 0.346 e. The molecule has 2 N–H and O–H groups in total. The standard InChI is InChI=1S/C21H26N2O4S/c1-3-13(2)20(25)23-10-6-7-14(12-23)19(24)22-11-16-15-8-4-5-9-17(15)28-18(16)21(26)27/h4-5,8-9,13-14H,3,6-7,10-12H2,1-2H3,(H,22,24)(H,26,27)/t13-,14-/m0/s1. The van der Waals surface area contributed by atoms with Crippen molar-refractivity contribution in [3.05, 3.63) is 34.7 Å². The average molecular weight is 403 g/mol. The highest BCUT2D eigenvalue weighted by atomic mass is 32.1. The van der Waals surface area contributed by atoms with Crippen molar-refractivity contribution in [1.29, 1.82) is 0 Å². The summed E-state index contributed by atoms with van der Waals surface area (Å²) in [5.41, 5.74) is 0.643. The zero-order chi connectivity index (χ0) is 20.3. The van der Waals surface area contributed by atoms with Crippen LogP contribution in [-0.4, -0.2) is 40.9 Å². The van der Waals surface area contributed by atoms with Crippen molar-refractivity contribution in [2.45, 2.75) is 39.7 Å². The number of hydrogen-bond acceptors (Lipinski definition) is 4. The van der Waals surface area contributed by atoms with Crippen LogP contribution in [0.1, 0.15) is 48.3 Å². The van der Waals surface area contributed by atoms with Crippen molar-refractivity contribution in [2.75, 3.05) is 13.1 Å². The minimum Gasteiger partial charge on any atom is -0.477 e. The number of rotatable bonds is 6. The second-order valence-corrected chi connectivity index (χ2v) is 8.41. The molecule has 1 aromatic carbocycles. The van der Waals surface area contributed by atoms with Gasteiger partial charge >= 0.3 is 5.97 Å². The number of carbonyl (C=O) groups excluding carboxylic acids is 2. The number of carboxylic acids is 1. The van der Waals surface area contributed by atoms with Crippen molar-refractivity contribution in [1.82, 2.24) is 10.2 Å². The lowest BCUT2D eigenvalue weighted by Gasteiger charge is -2.33. The summed E-state index contributed by atoms with van der Waals surface area (Å²) in [6.45, 7) is 5.22. The van der Waals surface area contributed by atoms with Gasteiger partial charge in [-0.2, -0.15) is 0 Å². The SMILES string of the molecule is CC[C@H](C)C(=O)N1CCC[C@H](C(=O)NCc2c(C(=O)O)sc3ccccc23)C1. The second kappa shape index (κ2) is 8.73. The molecule has 0 saturated carbocycles. The van der Waals surface area contributed by atoms with Crippen LogP contribution in [0.2, 0.25) is 0 Å². The maximum atomic E-state index is 12.7. The van der Waals surface area contributed by atoms with E-state index in [9.17, 15) is 19.5 Å². The van der Waals surface area contributed by atoms with Crippen molar-refractivity contribution < 1.29 is 19.5 Å². The maximum absolute atomic E-state index is 12.7. The zero-order valence-electron chi connectivity index (χ0n) is 16.2. The summed E-state index contributed by atoms with van der Waals surface area (Å²) in [7, 11) is 0. The normalized spacial score (nSPS) is 18.1. The van der Waals surface area contributed by atoms with Gasteiger partial charge < -0.3 is 15.3 Å². The van der Waals surface area contributed by atoms with Crippen LogP contribution in [0, 0.1) is 11.8 Å². The Morgan fingerprint density at radius 1 is 1.32 bits per heavy atom. The molecule has 2 heterocycles. The number of piperidine rings is 1. The highest BCUT2D eigenvalue weighted by Gasteiger charge is 2.30. The Morgan fingerprint density at radius 3 is 2.79 bits per heavy atom. The summed E-state index contributed by atoms with van der Waals surface area (Å²) in [4.78, 5) is 38.8. The summed E-state index contributed by atoms with van der Waals surface area (Å²) in [5, 5.41) is 13.3. The molecule has 3 rings (SSSR count). The molecule has 0 radical (unpaired) electrons. The number of nitrogens with zero attached hydrogens (tertiary/aromatic N) is 1. The molecular formula is C21H26N2O4S. The topological polar surface area (TPSA) is 86.7 Å². The quantitative estimate of drug-likeness (QED) is 0.774. The molecule has 1 aliphatic rings. The van der Waals surface area contributed by atoms with E-state index in [1.54, 1.807) is 4.90 Å². The van der Waals surface area contributed by atoms with Crippen molar-refractivity contribution >= 4 is 39.2 Å². The van der Waals surface area contributed by atoms with Gasteiger partial charge in [0.05, 0.1) is 5.92 Å². The first-order valence-corrected chi connectivity index (χ1v) is 10.5. The van der Waals surface area contributed by atoms with Crippen LogP contribution in [0.5, 0.6) is 0 Å². The van der Waals surface area contributed by atoms with Crippen molar-refractivity contribution in [3.8, 4) is 0 Å². The van der Waals surface area contributed by atoms with E-state index in [2.05, 4.69) is 5.32 Å². The molecule has 2 atom stereocenters. The molecule has 0 aliphatic carbocycles. The zero-order valence-corrected chi connectivity index (χ0v) is 17.1. The molecule has 1 saturated heterocycles. The Labute approximate surface area is 168 Å². The molecule has 150 valence electrons. The number of amides is 2. The smallest absolute Gasteiger partial charge is 0.346 e. The van der Waals surface area contributed by atoms with Crippen LogP contribution < -0.4 is 5.32 Å². The molecule has 0 bridgehead atoms. The third-order valence-electron chi connectivity index (χ3n) is 5.47. The monoisotopic (exact) mass is 402 g/mol. The summed E-state index contributed by atoms with van der Waals surface area (Å²) >= 11 is 1.23. The number of benzene rings is 1. The predicted octanol–water partition coefficient (Wildman–Crippen LogP) is 3.50. The number of aromatic carboxylic acids is 1. The molecule has 1 aliphatic heterocycles. The Bertz CT molecular complexity index is 892. The number of carboxylic acid groups (broad SMARTS) is 1.